The van der Waals surface area contributed by atoms with Crippen LogP contribution in [0.25, 0.3) is 11.0 Å². The largest absolute Gasteiger partial charge is 0.497 e. The Labute approximate surface area is 154 Å². The number of methoxy groups -OCH3 is 1. The fourth-order valence-electron chi connectivity index (χ4n) is 2.85. The number of thioether (sulfide) groups is 1. The summed E-state index contributed by atoms with van der Waals surface area (Å²) in [5.74, 6) is 2.86. The van der Waals surface area contributed by atoms with Gasteiger partial charge in [0.2, 0.25) is 0 Å². The number of fused-ring (bicyclic) bond motifs is 2. The van der Waals surface area contributed by atoms with Gasteiger partial charge in [0.25, 0.3) is 0 Å². The van der Waals surface area contributed by atoms with E-state index in [0.29, 0.717) is 30.3 Å². The van der Waals surface area contributed by atoms with E-state index < -0.39 is 0 Å². The lowest BCUT2D eigenvalue weighted by Gasteiger charge is -2.10. The smallest absolute Gasteiger partial charge is 0.336 e. The number of rotatable bonds is 4. The Morgan fingerprint density at radius 3 is 2.73 bits per heavy atom. The molecule has 0 atom stereocenters. The van der Waals surface area contributed by atoms with Gasteiger partial charge in [0.1, 0.15) is 11.3 Å². The summed E-state index contributed by atoms with van der Waals surface area (Å²) >= 11 is 1.64. The van der Waals surface area contributed by atoms with E-state index in [1.54, 1.807) is 31.0 Å². The number of hydrogen-bond donors (Lipinski definition) is 0. The lowest BCUT2D eigenvalue weighted by Crippen LogP contribution is -2.00. The molecular formula is C20H18O5S. The van der Waals surface area contributed by atoms with Crippen LogP contribution in [0.5, 0.6) is 17.2 Å². The molecule has 0 radical (unpaired) electrons. The van der Waals surface area contributed by atoms with Crippen molar-refractivity contribution >= 4 is 22.7 Å². The van der Waals surface area contributed by atoms with Crippen LogP contribution in [0.1, 0.15) is 12.0 Å². The molecule has 134 valence electrons. The zero-order chi connectivity index (χ0) is 17.9. The van der Waals surface area contributed by atoms with Gasteiger partial charge in [0.15, 0.2) is 11.5 Å². The Bertz CT molecular complexity index is 995. The van der Waals surface area contributed by atoms with Crippen LogP contribution in [-0.2, 0) is 5.75 Å². The van der Waals surface area contributed by atoms with Gasteiger partial charge in [-0.3, -0.25) is 0 Å². The second-order valence-corrected chi connectivity index (χ2v) is 6.95. The van der Waals surface area contributed by atoms with Crippen molar-refractivity contribution in [1.82, 2.24) is 0 Å². The molecule has 0 unspecified atom stereocenters. The lowest BCUT2D eigenvalue weighted by molar-refractivity contribution is 0.297. The van der Waals surface area contributed by atoms with Gasteiger partial charge in [0, 0.05) is 34.6 Å². The quantitative estimate of drug-likeness (QED) is 0.505. The highest BCUT2D eigenvalue weighted by atomic mass is 32.2. The third-order valence-corrected chi connectivity index (χ3v) is 5.19. The average molecular weight is 370 g/mol. The predicted molar refractivity (Wildman–Crippen MR) is 101 cm³/mol. The van der Waals surface area contributed by atoms with Crippen molar-refractivity contribution in [2.24, 2.45) is 0 Å². The van der Waals surface area contributed by atoms with Crippen molar-refractivity contribution in [3.05, 3.63) is 58.4 Å². The standard InChI is InChI=1S/C20H18O5S/c1-22-14-3-5-16-13(9-20(21)25-18(16)10-14)12-26-15-4-6-17-19(11-15)24-8-2-7-23-17/h3-6,9-11H,2,7-8,12H2,1H3. The molecule has 26 heavy (non-hydrogen) atoms. The van der Waals surface area contributed by atoms with Gasteiger partial charge in [0.05, 0.1) is 20.3 Å². The van der Waals surface area contributed by atoms with Crippen molar-refractivity contribution in [3.63, 3.8) is 0 Å². The first kappa shape index (κ1) is 16.8. The summed E-state index contributed by atoms with van der Waals surface area (Å²) in [6.07, 6.45) is 0.881. The fourth-order valence-corrected chi connectivity index (χ4v) is 3.77. The Morgan fingerprint density at radius 1 is 1.04 bits per heavy atom. The zero-order valence-corrected chi connectivity index (χ0v) is 15.1. The van der Waals surface area contributed by atoms with Gasteiger partial charge in [-0.2, -0.15) is 0 Å². The molecule has 0 bridgehead atoms. The minimum Gasteiger partial charge on any atom is -0.497 e. The first-order chi connectivity index (χ1) is 12.7. The molecule has 0 amide bonds. The second-order valence-electron chi connectivity index (χ2n) is 5.90. The van der Waals surface area contributed by atoms with E-state index in [1.165, 1.54) is 0 Å². The van der Waals surface area contributed by atoms with Crippen LogP contribution < -0.4 is 19.8 Å². The van der Waals surface area contributed by atoms with Crippen LogP contribution in [0.3, 0.4) is 0 Å². The van der Waals surface area contributed by atoms with Crippen LogP contribution in [-0.4, -0.2) is 20.3 Å². The Balaban J connectivity index is 1.60. The van der Waals surface area contributed by atoms with Gasteiger partial charge in [-0.25, -0.2) is 4.79 Å². The molecule has 5 nitrogen and oxygen atoms in total. The number of benzene rings is 2. The summed E-state index contributed by atoms with van der Waals surface area (Å²) < 4.78 is 21.9. The third kappa shape index (κ3) is 3.51. The minimum absolute atomic E-state index is 0.361. The third-order valence-electron chi connectivity index (χ3n) is 4.15. The van der Waals surface area contributed by atoms with Gasteiger partial charge in [-0.05, 0) is 35.9 Å². The fraction of sp³-hybridized carbons (Fsp3) is 0.250. The highest BCUT2D eigenvalue weighted by molar-refractivity contribution is 7.98. The van der Waals surface area contributed by atoms with Crippen molar-refractivity contribution in [3.8, 4) is 17.2 Å². The second kappa shape index (κ2) is 7.33. The maximum Gasteiger partial charge on any atom is 0.336 e. The molecular weight excluding hydrogens is 352 g/mol. The number of hydrogen-bond acceptors (Lipinski definition) is 6. The summed E-state index contributed by atoms with van der Waals surface area (Å²) in [6.45, 7) is 1.34. The molecule has 0 spiro atoms. The van der Waals surface area contributed by atoms with E-state index in [1.807, 2.05) is 30.3 Å². The molecule has 1 aliphatic rings. The van der Waals surface area contributed by atoms with E-state index in [9.17, 15) is 4.79 Å². The zero-order valence-electron chi connectivity index (χ0n) is 14.3. The van der Waals surface area contributed by atoms with Gasteiger partial charge in [-0.1, -0.05) is 0 Å². The predicted octanol–water partition coefficient (Wildman–Crippen LogP) is 4.26. The van der Waals surface area contributed by atoms with Crippen molar-refractivity contribution < 1.29 is 18.6 Å². The first-order valence-electron chi connectivity index (χ1n) is 8.36. The summed E-state index contributed by atoms with van der Waals surface area (Å²) in [7, 11) is 1.59. The monoisotopic (exact) mass is 370 g/mol. The SMILES string of the molecule is COc1ccc2c(CSc3ccc4c(c3)OCCCO4)cc(=O)oc2c1. The van der Waals surface area contributed by atoms with E-state index >= 15 is 0 Å². The summed E-state index contributed by atoms with van der Waals surface area (Å²) in [6, 6.07) is 13.0. The molecule has 3 aromatic rings. The Hall–Kier alpha value is -2.60. The minimum atomic E-state index is -0.361. The van der Waals surface area contributed by atoms with Crippen molar-refractivity contribution in [2.75, 3.05) is 20.3 Å². The Morgan fingerprint density at radius 2 is 1.88 bits per heavy atom. The molecule has 0 N–H and O–H groups in total. The molecule has 4 rings (SSSR count). The molecule has 2 aromatic carbocycles. The first-order valence-corrected chi connectivity index (χ1v) is 9.35. The van der Waals surface area contributed by atoms with E-state index in [4.69, 9.17) is 18.6 Å². The molecule has 0 aliphatic carbocycles. The maximum atomic E-state index is 11.9. The molecule has 6 heteroatoms. The average Bonchev–Trinajstić information content (AvgIpc) is 2.90. The molecule has 2 heterocycles. The van der Waals surface area contributed by atoms with E-state index in [-0.39, 0.29) is 5.63 Å². The van der Waals surface area contributed by atoms with Crippen molar-refractivity contribution in [2.45, 2.75) is 17.1 Å². The van der Waals surface area contributed by atoms with Crippen LogP contribution >= 0.6 is 11.8 Å². The maximum absolute atomic E-state index is 11.9. The molecule has 0 saturated heterocycles. The molecule has 1 aromatic heterocycles. The normalized spacial score (nSPS) is 13.4. The van der Waals surface area contributed by atoms with Crippen LogP contribution in [0.2, 0.25) is 0 Å². The highest BCUT2D eigenvalue weighted by Gasteiger charge is 2.12. The van der Waals surface area contributed by atoms with E-state index in [0.717, 1.165) is 33.8 Å². The van der Waals surface area contributed by atoms with Crippen LogP contribution in [0.4, 0.5) is 0 Å². The molecule has 0 fully saturated rings. The van der Waals surface area contributed by atoms with Gasteiger partial charge >= 0.3 is 5.63 Å². The highest BCUT2D eigenvalue weighted by Crippen LogP contribution is 2.35. The van der Waals surface area contributed by atoms with Crippen molar-refractivity contribution in [1.29, 1.82) is 0 Å². The molecule has 1 aliphatic heterocycles. The number of ether oxygens (including phenoxy) is 3. The summed E-state index contributed by atoms with van der Waals surface area (Å²) in [5, 5.41) is 0.909. The van der Waals surface area contributed by atoms with Gasteiger partial charge < -0.3 is 18.6 Å². The Kier molecular flexibility index (Phi) is 4.75. The van der Waals surface area contributed by atoms with E-state index in [2.05, 4.69) is 0 Å². The topological polar surface area (TPSA) is 57.9 Å². The van der Waals surface area contributed by atoms with Gasteiger partial charge in [-0.15, -0.1) is 11.8 Å². The molecule has 0 saturated carbocycles. The summed E-state index contributed by atoms with van der Waals surface area (Å²) in [4.78, 5) is 13.0. The van der Waals surface area contributed by atoms with Crippen LogP contribution in [0.15, 0.2) is 56.6 Å². The van der Waals surface area contributed by atoms with Crippen LogP contribution in [0, 0.1) is 0 Å². The summed E-state index contributed by atoms with van der Waals surface area (Å²) in [5.41, 5.74) is 1.10. The lowest BCUT2D eigenvalue weighted by atomic mass is 10.1.